The summed E-state index contributed by atoms with van der Waals surface area (Å²) < 4.78 is 0. The molecule has 1 aliphatic rings. The molecule has 1 unspecified atom stereocenters. The molecule has 0 aromatic heterocycles. The monoisotopic (exact) mass is 398 g/mol. The van der Waals surface area contributed by atoms with Gasteiger partial charge in [-0.3, -0.25) is 0 Å². The molecule has 3 nitrogen and oxygen atoms in total. The Labute approximate surface area is 175 Å². The van der Waals surface area contributed by atoms with Gasteiger partial charge in [-0.05, 0) is 50.4 Å². The fraction of sp³-hybridized carbons (Fsp3) is 1.00. The zero-order chi connectivity index (χ0) is 20.3. The summed E-state index contributed by atoms with van der Waals surface area (Å²) in [6.45, 7) is 0.692. The van der Waals surface area contributed by atoms with E-state index in [9.17, 15) is 5.11 Å². The van der Waals surface area contributed by atoms with Crippen LogP contribution in [0.25, 0.3) is 0 Å². The zero-order valence-electron chi connectivity index (χ0n) is 18.7. The highest BCUT2D eigenvalue weighted by Gasteiger charge is 2.37. The number of rotatable bonds is 20. The predicted octanol–water partition coefficient (Wildman–Crippen LogP) is 6.52. The summed E-state index contributed by atoms with van der Waals surface area (Å²) in [5.74, 6) is 0. The van der Waals surface area contributed by atoms with E-state index in [1.165, 1.54) is 109 Å². The Bertz CT molecular complexity index is 310. The first-order valence-corrected chi connectivity index (χ1v) is 12.6. The van der Waals surface area contributed by atoms with Crippen LogP contribution in [0, 0.1) is 5.41 Å². The number of aliphatic hydroxyl groups excluding tert-OH is 3. The molecule has 168 valence electrons. The molecule has 28 heavy (non-hydrogen) atoms. The molecule has 1 atom stereocenters. The Morgan fingerprint density at radius 1 is 0.536 bits per heavy atom. The highest BCUT2D eigenvalue weighted by Crippen LogP contribution is 2.46. The van der Waals surface area contributed by atoms with Crippen molar-refractivity contribution < 1.29 is 15.3 Å². The van der Waals surface area contributed by atoms with Crippen molar-refractivity contribution in [3.8, 4) is 0 Å². The Kier molecular flexibility index (Phi) is 16.4. The molecule has 0 heterocycles. The standard InChI is InChI=1S/C25H50O3/c26-21-15-11-7-3-1-5-9-13-18-25(20-17-24(28)23-25)19-14-10-6-2-4-8-12-16-22-27/h24,26-28H,1-23H2. The van der Waals surface area contributed by atoms with Crippen LogP contribution in [0.15, 0.2) is 0 Å². The summed E-state index contributed by atoms with van der Waals surface area (Å²) in [6, 6.07) is 0. The third kappa shape index (κ3) is 13.2. The lowest BCUT2D eigenvalue weighted by Gasteiger charge is -2.29. The molecule has 0 saturated heterocycles. The molecule has 1 aliphatic carbocycles. The molecule has 0 aliphatic heterocycles. The van der Waals surface area contributed by atoms with Gasteiger partial charge in [0, 0.05) is 13.2 Å². The molecule has 1 fully saturated rings. The average molecular weight is 399 g/mol. The van der Waals surface area contributed by atoms with Crippen molar-refractivity contribution in [1.82, 2.24) is 0 Å². The molecular formula is C25H50O3. The molecule has 0 amide bonds. The minimum Gasteiger partial charge on any atom is -0.396 e. The van der Waals surface area contributed by atoms with E-state index in [0.717, 1.165) is 25.7 Å². The number of hydrogen-bond acceptors (Lipinski definition) is 3. The van der Waals surface area contributed by atoms with Gasteiger partial charge in [-0.2, -0.15) is 0 Å². The Hall–Kier alpha value is -0.120. The summed E-state index contributed by atoms with van der Waals surface area (Å²) in [5, 5.41) is 27.7. The van der Waals surface area contributed by atoms with E-state index in [0.29, 0.717) is 18.6 Å². The highest BCUT2D eigenvalue weighted by atomic mass is 16.3. The van der Waals surface area contributed by atoms with Gasteiger partial charge in [-0.15, -0.1) is 0 Å². The van der Waals surface area contributed by atoms with E-state index in [2.05, 4.69) is 0 Å². The molecule has 3 heteroatoms. The molecular weight excluding hydrogens is 348 g/mol. The van der Waals surface area contributed by atoms with E-state index in [-0.39, 0.29) is 6.10 Å². The van der Waals surface area contributed by atoms with Crippen LogP contribution in [0.4, 0.5) is 0 Å². The predicted molar refractivity (Wildman–Crippen MR) is 120 cm³/mol. The van der Waals surface area contributed by atoms with Crippen molar-refractivity contribution in [2.45, 2.75) is 141 Å². The van der Waals surface area contributed by atoms with Gasteiger partial charge in [0.2, 0.25) is 0 Å². The second kappa shape index (κ2) is 17.7. The molecule has 0 aromatic rings. The smallest absolute Gasteiger partial charge is 0.0545 e. The van der Waals surface area contributed by atoms with E-state index < -0.39 is 0 Å². The summed E-state index contributed by atoms with van der Waals surface area (Å²) in [4.78, 5) is 0. The first-order chi connectivity index (χ1) is 13.7. The minimum atomic E-state index is -0.0435. The third-order valence-electron chi connectivity index (χ3n) is 6.91. The number of aliphatic hydroxyl groups is 3. The molecule has 0 bridgehead atoms. The number of unbranched alkanes of at least 4 members (excludes halogenated alkanes) is 14. The van der Waals surface area contributed by atoms with Crippen LogP contribution < -0.4 is 0 Å². The van der Waals surface area contributed by atoms with Crippen LogP contribution >= 0.6 is 0 Å². The summed E-state index contributed by atoms with van der Waals surface area (Å²) >= 11 is 0. The molecule has 0 aromatic carbocycles. The Balaban J connectivity index is 2.06. The summed E-state index contributed by atoms with van der Waals surface area (Å²) in [7, 11) is 0. The normalized spacial score (nSPS) is 18.8. The lowest BCUT2D eigenvalue weighted by molar-refractivity contribution is 0.145. The lowest BCUT2D eigenvalue weighted by Crippen LogP contribution is -2.18. The quantitative estimate of drug-likeness (QED) is 0.204. The van der Waals surface area contributed by atoms with Gasteiger partial charge in [-0.25, -0.2) is 0 Å². The van der Waals surface area contributed by atoms with Crippen LogP contribution in [0.5, 0.6) is 0 Å². The summed E-state index contributed by atoms with van der Waals surface area (Å²) in [5.41, 5.74) is 0.446. The van der Waals surface area contributed by atoms with Gasteiger partial charge >= 0.3 is 0 Å². The van der Waals surface area contributed by atoms with Gasteiger partial charge in [0.15, 0.2) is 0 Å². The van der Waals surface area contributed by atoms with Gasteiger partial charge in [-0.1, -0.05) is 89.9 Å². The van der Waals surface area contributed by atoms with Crippen molar-refractivity contribution in [3.63, 3.8) is 0 Å². The maximum Gasteiger partial charge on any atom is 0.0545 e. The van der Waals surface area contributed by atoms with Crippen molar-refractivity contribution in [2.75, 3.05) is 13.2 Å². The van der Waals surface area contributed by atoms with Gasteiger partial charge in [0.25, 0.3) is 0 Å². The van der Waals surface area contributed by atoms with Crippen LogP contribution in [0.3, 0.4) is 0 Å². The van der Waals surface area contributed by atoms with Crippen LogP contribution in [0.2, 0.25) is 0 Å². The van der Waals surface area contributed by atoms with E-state index >= 15 is 0 Å². The van der Waals surface area contributed by atoms with Crippen LogP contribution in [-0.2, 0) is 0 Å². The van der Waals surface area contributed by atoms with Crippen molar-refractivity contribution in [2.24, 2.45) is 5.41 Å². The zero-order valence-corrected chi connectivity index (χ0v) is 18.7. The van der Waals surface area contributed by atoms with Gasteiger partial charge in [0.1, 0.15) is 0 Å². The van der Waals surface area contributed by atoms with E-state index in [1.807, 2.05) is 0 Å². The molecule has 1 rings (SSSR count). The molecule has 0 spiro atoms. The largest absolute Gasteiger partial charge is 0.396 e. The highest BCUT2D eigenvalue weighted by molar-refractivity contribution is 4.89. The first kappa shape index (κ1) is 25.9. The van der Waals surface area contributed by atoms with Crippen LogP contribution in [-0.4, -0.2) is 34.6 Å². The third-order valence-corrected chi connectivity index (χ3v) is 6.91. The molecule has 3 N–H and O–H groups in total. The first-order valence-electron chi connectivity index (χ1n) is 12.6. The van der Waals surface area contributed by atoms with Crippen molar-refractivity contribution in [1.29, 1.82) is 0 Å². The molecule has 1 saturated carbocycles. The lowest BCUT2D eigenvalue weighted by atomic mass is 9.76. The maximum absolute atomic E-state index is 10.1. The second-order valence-electron chi connectivity index (χ2n) is 9.50. The molecule has 0 radical (unpaired) electrons. The Morgan fingerprint density at radius 2 is 0.893 bits per heavy atom. The SMILES string of the molecule is OCCCCCCCCCCC1(CCCCCCCCCCO)CCC(O)C1. The van der Waals surface area contributed by atoms with Crippen molar-refractivity contribution >= 4 is 0 Å². The van der Waals surface area contributed by atoms with E-state index in [1.54, 1.807) is 0 Å². The average Bonchev–Trinajstić information content (AvgIpc) is 3.06. The maximum atomic E-state index is 10.1. The Morgan fingerprint density at radius 3 is 1.21 bits per heavy atom. The van der Waals surface area contributed by atoms with Crippen molar-refractivity contribution in [3.05, 3.63) is 0 Å². The second-order valence-corrected chi connectivity index (χ2v) is 9.50. The van der Waals surface area contributed by atoms with E-state index in [4.69, 9.17) is 10.2 Å². The minimum absolute atomic E-state index is 0.0435. The number of hydrogen-bond donors (Lipinski definition) is 3. The van der Waals surface area contributed by atoms with Gasteiger partial charge < -0.3 is 15.3 Å². The topological polar surface area (TPSA) is 60.7 Å². The fourth-order valence-corrected chi connectivity index (χ4v) is 5.10. The van der Waals surface area contributed by atoms with Gasteiger partial charge in [0.05, 0.1) is 6.10 Å². The fourth-order valence-electron chi connectivity index (χ4n) is 5.10. The van der Waals surface area contributed by atoms with Crippen LogP contribution in [0.1, 0.15) is 135 Å². The summed E-state index contributed by atoms with van der Waals surface area (Å²) in [6.07, 6.45) is 26.2.